The van der Waals surface area contributed by atoms with Crippen LogP contribution in [0.3, 0.4) is 0 Å². The highest BCUT2D eigenvalue weighted by Gasteiger charge is 2.31. The van der Waals surface area contributed by atoms with Gasteiger partial charge in [0.15, 0.2) is 0 Å². The molecule has 1 aromatic carbocycles. The molecule has 0 atom stereocenters. The average molecular weight is 256 g/mol. The van der Waals surface area contributed by atoms with Gasteiger partial charge in [0.1, 0.15) is 11.5 Å². The molecule has 0 aliphatic rings. The standard InChI is InChI=1S/C7H5BClF3O4/c9-5-3-4(15-7(10,11)12)1-2-6(5)16-8(13)14/h1-3,13-14H. The van der Waals surface area contributed by atoms with Gasteiger partial charge in [-0.15, -0.1) is 13.2 Å². The molecule has 16 heavy (non-hydrogen) atoms. The Kier molecular flexibility index (Phi) is 3.90. The van der Waals surface area contributed by atoms with Crippen LogP contribution in [0, 0.1) is 0 Å². The molecule has 2 N–H and O–H groups in total. The van der Waals surface area contributed by atoms with E-state index in [1.807, 2.05) is 0 Å². The van der Waals surface area contributed by atoms with E-state index in [9.17, 15) is 13.2 Å². The summed E-state index contributed by atoms with van der Waals surface area (Å²) < 4.78 is 43.4. The van der Waals surface area contributed by atoms with Crippen LogP contribution in [0.5, 0.6) is 11.5 Å². The van der Waals surface area contributed by atoms with Crippen molar-refractivity contribution < 1.29 is 32.6 Å². The lowest BCUT2D eigenvalue weighted by atomic mass is 10.2. The predicted molar refractivity (Wildman–Crippen MR) is 49.0 cm³/mol. The minimum Gasteiger partial charge on any atom is -0.511 e. The topological polar surface area (TPSA) is 58.9 Å². The molecule has 0 aliphatic carbocycles. The monoisotopic (exact) mass is 256 g/mol. The van der Waals surface area contributed by atoms with Gasteiger partial charge in [-0.2, -0.15) is 0 Å². The van der Waals surface area contributed by atoms with Gasteiger partial charge >= 0.3 is 13.7 Å². The summed E-state index contributed by atoms with van der Waals surface area (Å²) in [5.74, 6) is -0.705. The minimum absolute atomic E-state index is 0.175. The van der Waals surface area contributed by atoms with E-state index >= 15 is 0 Å². The molecule has 1 aromatic rings. The van der Waals surface area contributed by atoms with Crippen molar-refractivity contribution in [1.29, 1.82) is 0 Å². The van der Waals surface area contributed by atoms with Crippen molar-refractivity contribution in [2.45, 2.75) is 6.36 Å². The molecular formula is C7H5BClF3O4. The van der Waals surface area contributed by atoms with Crippen molar-refractivity contribution in [2.24, 2.45) is 0 Å². The first-order valence-corrected chi connectivity index (χ1v) is 4.24. The number of ether oxygens (including phenoxy) is 1. The maximum absolute atomic E-state index is 11.8. The van der Waals surface area contributed by atoms with Gasteiger partial charge in [-0.05, 0) is 12.1 Å². The number of alkyl halides is 3. The van der Waals surface area contributed by atoms with Gasteiger partial charge in [0, 0.05) is 6.07 Å². The number of hydrogen-bond donors (Lipinski definition) is 2. The van der Waals surface area contributed by atoms with Gasteiger partial charge in [-0.25, -0.2) is 0 Å². The molecule has 0 unspecified atom stereocenters. The van der Waals surface area contributed by atoms with E-state index in [-0.39, 0.29) is 10.8 Å². The summed E-state index contributed by atoms with van der Waals surface area (Å²) in [7, 11) is -2.10. The summed E-state index contributed by atoms with van der Waals surface area (Å²) in [6.07, 6.45) is -4.82. The van der Waals surface area contributed by atoms with Gasteiger partial charge < -0.3 is 19.4 Å². The lowest BCUT2D eigenvalue weighted by Gasteiger charge is -2.11. The third-order valence-electron chi connectivity index (χ3n) is 1.37. The second kappa shape index (κ2) is 4.81. The quantitative estimate of drug-likeness (QED) is 0.806. The van der Waals surface area contributed by atoms with E-state index in [4.69, 9.17) is 21.6 Å². The number of hydrogen-bond acceptors (Lipinski definition) is 4. The van der Waals surface area contributed by atoms with Crippen molar-refractivity contribution in [3.63, 3.8) is 0 Å². The molecule has 0 amide bonds. The third-order valence-corrected chi connectivity index (χ3v) is 1.66. The SMILES string of the molecule is OB(O)Oc1ccc(OC(F)(F)F)cc1Cl. The van der Waals surface area contributed by atoms with Crippen molar-refractivity contribution in [2.75, 3.05) is 0 Å². The highest BCUT2D eigenvalue weighted by atomic mass is 35.5. The molecule has 0 aliphatic heterocycles. The molecule has 0 heterocycles. The summed E-state index contributed by atoms with van der Waals surface area (Å²) in [5.41, 5.74) is 0. The molecule has 0 saturated carbocycles. The fourth-order valence-corrected chi connectivity index (χ4v) is 1.10. The van der Waals surface area contributed by atoms with Crippen LogP contribution in [-0.2, 0) is 0 Å². The fourth-order valence-electron chi connectivity index (χ4n) is 0.888. The second-order valence-corrected chi connectivity index (χ2v) is 2.99. The first kappa shape index (κ1) is 13.0. The Balaban J connectivity index is 2.83. The van der Waals surface area contributed by atoms with Crippen LogP contribution in [0.1, 0.15) is 0 Å². The molecule has 0 bridgehead atoms. The maximum Gasteiger partial charge on any atom is 0.707 e. The summed E-state index contributed by atoms with van der Waals surface area (Å²) in [5, 5.41) is 16.7. The summed E-state index contributed by atoms with van der Waals surface area (Å²) in [6.45, 7) is 0. The largest absolute Gasteiger partial charge is 0.707 e. The Bertz CT molecular complexity index is 371. The Morgan fingerprint density at radius 3 is 2.31 bits per heavy atom. The van der Waals surface area contributed by atoms with Crippen LogP contribution in [0.25, 0.3) is 0 Å². The Labute approximate surface area is 93.3 Å². The molecule has 0 radical (unpaired) electrons. The van der Waals surface area contributed by atoms with Crippen LogP contribution in [-0.4, -0.2) is 23.7 Å². The summed E-state index contributed by atoms with van der Waals surface area (Å²) in [4.78, 5) is 0. The van der Waals surface area contributed by atoms with Crippen LogP contribution in [0.4, 0.5) is 13.2 Å². The van der Waals surface area contributed by atoms with Gasteiger partial charge in [0.25, 0.3) is 0 Å². The Morgan fingerprint density at radius 1 is 1.25 bits per heavy atom. The number of halogens is 4. The van der Waals surface area contributed by atoms with Crippen molar-refractivity contribution in [3.05, 3.63) is 23.2 Å². The lowest BCUT2D eigenvalue weighted by molar-refractivity contribution is -0.274. The maximum atomic E-state index is 11.8. The van der Waals surface area contributed by atoms with Crippen LogP contribution in [0.2, 0.25) is 5.02 Å². The van der Waals surface area contributed by atoms with Crippen LogP contribution < -0.4 is 9.39 Å². The van der Waals surface area contributed by atoms with E-state index in [1.54, 1.807) is 0 Å². The number of rotatable bonds is 3. The first-order valence-electron chi connectivity index (χ1n) is 3.86. The average Bonchev–Trinajstić information content (AvgIpc) is 2.06. The van der Waals surface area contributed by atoms with E-state index in [0.29, 0.717) is 0 Å². The molecule has 4 nitrogen and oxygen atoms in total. The van der Waals surface area contributed by atoms with Crippen molar-refractivity contribution in [1.82, 2.24) is 0 Å². The van der Waals surface area contributed by atoms with Crippen LogP contribution in [0.15, 0.2) is 18.2 Å². The summed E-state index contributed by atoms with van der Waals surface area (Å²) in [6, 6.07) is 2.78. The smallest absolute Gasteiger partial charge is 0.511 e. The zero-order valence-electron chi connectivity index (χ0n) is 7.53. The third kappa shape index (κ3) is 4.17. The molecule has 1 rings (SSSR count). The van der Waals surface area contributed by atoms with E-state index in [0.717, 1.165) is 18.2 Å². The van der Waals surface area contributed by atoms with Gasteiger partial charge in [-0.3, -0.25) is 0 Å². The highest BCUT2D eigenvalue weighted by molar-refractivity contribution is 6.36. The van der Waals surface area contributed by atoms with Crippen LogP contribution >= 0.6 is 11.6 Å². The second-order valence-electron chi connectivity index (χ2n) is 2.58. The van der Waals surface area contributed by atoms with E-state index in [1.165, 1.54) is 0 Å². The van der Waals surface area contributed by atoms with E-state index < -0.39 is 19.4 Å². The molecular weight excluding hydrogens is 251 g/mol. The highest BCUT2D eigenvalue weighted by Crippen LogP contribution is 2.31. The van der Waals surface area contributed by atoms with Gasteiger partial charge in [0.2, 0.25) is 0 Å². The molecule has 0 saturated heterocycles. The van der Waals surface area contributed by atoms with E-state index in [2.05, 4.69) is 9.39 Å². The zero-order chi connectivity index (χ0) is 12.3. The van der Waals surface area contributed by atoms with Crippen molar-refractivity contribution in [3.8, 4) is 11.5 Å². The Hall–Kier alpha value is -1.12. The molecule has 0 fully saturated rings. The normalized spacial score (nSPS) is 11.1. The molecule has 0 aromatic heterocycles. The van der Waals surface area contributed by atoms with Gasteiger partial charge in [0.05, 0.1) is 5.02 Å². The lowest BCUT2D eigenvalue weighted by Crippen LogP contribution is -2.21. The Morgan fingerprint density at radius 2 is 1.88 bits per heavy atom. The first-order chi connectivity index (χ1) is 7.28. The van der Waals surface area contributed by atoms with Gasteiger partial charge in [-0.1, -0.05) is 11.6 Å². The van der Waals surface area contributed by atoms with Crippen molar-refractivity contribution >= 4 is 18.9 Å². The predicted octanol–water partition coefficient (Wildman–Crippen LogP) is 1.59. The summed E-state index contributed by atoms with van der Waals surface area (Å²) >= 11 is 5.51. The molecule has 0 spiro atoms. The number of benzene rings is 1. The molecule has 88 valence electrons. The fraction of sp³-hybridized carbons (Fsp3) is 0.143. The zero-order valence-corrected chi connectivity index (χ0v) is 8.29. The minimum atomic E-state index is -4.82. The molecule has 9 heteroatoms.